The maximum Gasteiger partial charge on any atom is 0.326 e. The van der Waals surface area contributed by atoms with E-state index in [1.54, 1.807) is 33.8 Å². The van der Waals surface area contributed by atoms with Gasteiger partial charge in [0, 0.05) is 5.57 Å². The highest BCUT2D eigenvalue weighted by molar-refractivity contribution is 5.96. The number of carbonyl (C=O) groups is 3. The third-order valence-electron chi connectivity index (χ3n) is 2.26. The van der Waals surface area contributed by atoms with Crippen LogP contribution in [0, 0.1) is 0 Å². The van der Waals surface area contributed by atoms with Crippen molar-refractivity contribution in [3.8, 4) is 0 Å². The van der Waals surface area contributed by atoms with Crippen LogP contribution in [-0.2, 0) is 19.1 Å². The number of hydrogen-bond acceptors (Lipinski definition) is 4. The van der Waals surface area contributed by atoms with Crippen molar-refractivity contribution < 1.29 is 24.2 Å². The zero-order chi connectivity index (χ0) is 15.9. The molecule has 0 radical (unpaired) electrons. The molecule has 0 aromatic heterocycles. The molecule has 0 fully saturated rings. The van der Waals surface area contributed by atoms with Crippen molar-refractivity contribution in [2.45, 2.75) is 59.1 Å². The monoisotopic (exact) mass is 285 g/mol. The molecule has 0 aliphatic carbocycles. The number of amides is 1. The van der Waals surface area contributed by atoms with Crippen LogP contribution in [0.1, 0.15) is 47.5 Å². The molecular formula is C14H23NO5. The number of nitrogens with one attached hydrogen (secondary N) is 1. The summed E-state index contributed by atoms with van der Waals surface area (Å²) in [5.74, 6) is -2.43. The lowest BCUT2D eigenvalue weighted by Gasteiger charge is -2.21. The van der Waals surface area contributed by atoms with E-state index in [1.807, 2.05) is 6.92 Å². The Bertz CT molecular complexity index is 406. The Hall–Kier alpha value is -1.85. The van der Waals surface area contributed by atoms with E-state index in [1.165, 1.54) is 0 Å². The van der Waals surface area contributed by atoms with Crippen LogP contribution in [0.4, 0.5) is 0 Å². The number of aliphatic carboxylic acids is 1. The first kappa shape index (κ1) is 18.1. The Balaban J connectivity index is 4.68. The predicted molar refractivity (Wildman–Crippen MR) is 74.1 cm³/mol. The number of carboxylic acid groups (broad SMARTS) is 1. The van der Waals surface area contributed by atoms with Crippen LogP contribution in [0.25, 0.3) is 0 Å². The van der Waals surface area contributed by atoms with Gasteiger partial charge in [-0.15, -0.1) is 0 Å². The molecule has 0 bridgehead atoms. The minimum absolute atomic E-state index is 0.405. The summed E-state index contributed by atoms with van der Waals surface area (Å²) < 4.78 is 5.04. The van der Waals surface area contributed by atoms with E-state index in [0.717, 1.165) is 0 Å². The van der Waals surface area contributed by atoms with Crippen molar-refractivity contribution in [1.82, 2.24) is 5.32 Å². The molecule has 0 unspecified atom stereocenters. The summed E-state index contributed by atoms with van der Waals surface area (Å²) in [6, 6.07) is -1.29. The maximum absolute atomic E-state index is 11.7. The lowest BCUT2D eigenvalue weighted by molar-refractivity contribution is -0.158. The molecular weight excluding hydrogens is 262 g/mol. The molecule has 20 heavy (non-hydrogen) atoms. The largest absolute Gasteiger partial charge is 0.480 e. The van der Waals surface area contributed by atoms with Gasteiger partial charge in [-0.2, -0.15) is 0 Å². The number of rotatable bonds is 6. The molecule has 0 rings (SSSR count). The number of allylic oxidation sites excluding steroid dienone is 1. The molecule has 6 nitrogen and oxygen atoms in total. The lowest BCUT2D eigenvalue weighted by atomic mass is 10.1. The summed E-state index contributed by atoms with van der Waals surface area (Å²) in [7, 11) is 0. The minimum atomic E-state index is -1.29. The number of hydrogen-bond donors (Lipinski definition) is 2. The normalized spacial score (nSPS) is 13.6. The van der Waals surface area contributed by atoms with Crippen molar-refractivity contribution in [3.63, 3.8) is 0 Å². The second-order valence-electron chi connectivity index (χ2n) is 5.45. The van der Waals surface area contributed by atoms with Crippen molar-refractivity contribution in [2.75, 3.05) is 0 Å². The van der Waals surface area contributed by atoms with Gasteiger partial charge in [-0.1, -0.05) is 13.0 Å². The van der Waals surface area contributed by atoms with Crippen LogP contribution >= 0.6 is 0 Å². The number of esters is 1. The molecule has 0 aromatic carbocycles. The number of carboxylic acids is 1. The van der Waals surface area contributed by atoms with Gasteiger partial charge in [0.2, 0.25) is 5.91 Å². The Morgan fingerprint density at radius 2 is 1.85 bits per heavy atom. The quantitative estimate of drug-likeness (QED) is 0.571. The fraction of sp³-hybridized carbons (Fsp3) is 0.643. The molecule has 0 spiro atoms. The number of ether oxygens (including phenoxy) is 1. The van der Waals surface area contributed by atoms with Gasteiger partial charge in [0.25, 0.3) is 0 Å². The van der Waals surface area contributed by atoms with E-state index in [-0.39, 0.29) is 0 Å². The second kappa shape index (κ2) is 7.67. The smallest absolute Gasteiger partial charge is 0.326 e. The van der Waals surface area contributed by atoms with Gasteiger partial charge in [-0.3, -0.25) is 9.59 Å². The minimum Gasteiger partial charge on any atom is -0.480 e. The first-order chi connectivity index (χ1) is 9.06. The molecule has 1 amide bonds. The number of carbonyl (C=O) groups excluding carboxylic acids is 2. The first-order valence-corrected chi connectivity index (χ1v) is 6.49. The van der Waals surface area contributed by atoms with Crippen LogP contribution in [-0.4, -0.2) is 34.6 Å². The SMILES string of the molecule is CC/C=C(/C)C(=O)N[C@@H](CC(=O)OC(C)(C)C)C(=O)O. The molecule has 0 aliphatic heterocycles. The molecule has 0 saturated heterocycles. The molecule has 1 atom stereocenters. The molecule has 0 aromatic rings. The Morgan fingerprint density at radius 3 is 2.25 bits per heavy atom. The van der Waals surface area contributed by atoms with Gasteiger partial charge in [-0.05, 0) is 34.1 Å². The van der Waals surface area contributed by atoms with E-state index < -0.39 is 35.9 Å². The second-order valence-corrected chi connectivity index (χ2v) is 5.45. The van der Waals surface area contributed by atoms with Gasteiger partial charge >= 0.3 is 11.9 Å². The lowest BCUT2D eigenvalue weighted by Crippen LogP contribution is -2.43. The average Bonchev–Trinajstić information content (AvgIpc) is 2.25. The first-order valence-electron chi connectivity index (χ1n) is 6.49. The summed E-state index contributed by atoms with van der Waals surface area (Å²) in [4.78, 5) is 34.4. The van der Waals surface area contributed by atoms with Gasteiger partial charge in [0.1, 0.15) is 11.6 Å². The third kappa shape index (κ3) is 7.56. The van der Waals surface area contributed by atoms with Crippen LogP contribution in [0.15, 0.2) is 11.6 Å². The standard InChI is InChI=1S/C14H23NO5/c1-6-7-9(2)12(17)15-10(13(18)19)8-11(16)20-14(3,4)5/h7,10H,6,8H2,1-5H3,(H,15,17)(H,18,19)/b9-7-/t10-/m0/s1. The van der Waals surface area contributed by atoms with Crippen molar-refractivity contribution in [1.29, 1.82) is 0 Å². The third-order valence-corrected chi connectivity index (χ3v) is 2.26. The summed E-state index contributed by atoms with van der Waals surface area (Å²) in [6.07, 6.45) is 1.95. The Kier molecular flexibility index (Phi) is 6.96. The van der Waals surface area contributed by atoms with E-state index in [4.69, 9.17) is 9.84 Å². The highest BCUT2D eigenvalue weighted by Gasteiger charge is 2.26. The average molecular weight is 285 g/mol. The fourth-order valence-corrected chi connectivity index (χ4v) is 1.42. The molecule has 0 aliphatic rings. The fourth-order valence-electron chi connectivity index (χ4n) is 1.42. The van der Waals surface area contributed by atoms with Crippen LogP contribution in [0.5, 0.6) is 0 Å². The van der Waals surface area contributed by atoms with Gasteiger partial charge in [0.15, 0.2) is 0 Å². The molecule has 2 N–H and O–H groups in total. The predicted octanol–water partition coefficient (Wildman–Crippen LogP) is 1.64. The Labute approximate surface area is 119 Å². The van der Waals surface area contributed by atoms with E-state index in [0.29, 0.717) is 12.0 Å². The van der Waals surface area contributed by atoms with Crippen LogP contribution in [0.3, 0.4) is 0 Å². The molecule has 0 heterocycles. The maximum atomic E-state index is 11.7. The van der Waals surface area contributed by atoms with Crippen molar-refractivity contribution >= 4 is 17.8 Å². The van der Waals surface area contributed by atoms with Crippen LogP contribution in [0.2, 0.25) is 0 Å². The Morgan fingerprint density at radius 1 is 1.30 bits per heavy atom. The van der Waals surface area contributed by atoms with Crippen LogP contribution < -0.4 is 5.32 Å². The summed E-state index contributed by atoms with van der Waals surface area (Å²) in [5.41, 5.74) is -0.273. The van der Waals surface area contributed by atoms with Gasteiger partial charge in [-0.25, -0.2) is 4.79 Å². The highest BCUT2D eigenvalue weighted by atomic mass is 16.6. The molecule has 6 heteroatoms. The zero-order valence-corrected chi connectivity index (χ0v) is 12.6. The van der Waals surface area contributed by atoms with E-state index in [9.17, 15) is 14.4 Å². The summed E-state index contributed by atoms with van der Waals surface area (Å²) in [5, 5.41) is 11.3. The van der Waals surface area contributed by atoms with Crippen molar-refractivity contribution in [3.05, 3.63) is 11.6 Å². The molecule has 114 valence electrons. The van der Waals surface area contributed by atoms with Gasteiger partial charge < -0.3 is 15.2 Å². The summed E-state index contributed by atoms with van der Waals surface area (Å²) >= 11 is 0. The van der Waals surface area contributed by atoms with E-state index >= 15 is 0 Å². The van der Waals surface area contributed by atoms with E-state index in [2.05, 4.69) is 5.32 Å². The van der Waals surface area contributed by atoms with Crippen molar-refractivity contribution in [2.24, 2.45) is 0 Å². The van der Waals surface area contributed by atoms with Gasteiger partial charge in [0.05, 0.1) is 6.42 Å². The topological polar surface area (TPSA) is 92.7 Å². The summed E-state index contributed by atoms with van der Waals surface area (Å²) in [6.45, 7) is 8.52. The molecule has 0 saturated carbocycles. The zero-order valence-electron chi connectivity index (χ0n) is 12.6. The highest BCUT2D eigenvalue weighted by Crippen LogP contribution is 2.10.